The van der Waals surface area contributed by atoms with Gasteiger partial charge in [0, 0.05) is 38.0 Å². The number of pyridine rings is 1. The fourth-order valence-electron chi connectivity index (χ4n) is 3.74. The minimum atomic E-state index is 0.0804. The van der Waals surface area contributed by atoms with Crippen LogP contribution in [0.2, 0.25) is 0 Å². The SMILES string of the molecule is O=C(c1cccnc1)N1CC[C@@H](OCC2CC2)[C@H](Cc2ccccc2)C1. The van der Waals surface area contributed by atoms with Gasteiger partial charge < -0.3 is 9.64 Å². The zero-order valence-corrected chi connectivity index (χ0v) is 15.1. The standard InChI is InChI=1S/C22H26N2O2/c25-22(19-7-4-11-23-14-19)24-12-10-21(26-16-18-8-9-18)20(15-24)13-17-5-2-1-3-6-17/h1-7,11,14,18,20-21H,8-10,12-13,15-16H2/t20-,21-/m1/s1. The van der Waals surface area contributed by atoms with E-state index in [-0.39, 0.29) is 12.0 Å². The second kappa shape index (κ2) is 8.00. The number of hydrogen-bond donors (Lipinski definition) is 0. The van der Waals surface area contributed by atoms with Crippen LogP contribution in [0.25, 0.3) is 0 Å². The Hall–Kier alpha value is -2.20. The first-order chi connectivity index (χ1) is 12.8. The molecule has 2 fully saturated rings. The van der Waals surface area contributed by atoms with E-state index in [0.29, 0.717) is 11.5 Å². The first-order valence-corrected chi connectivity index (χ1v) is 9.64. The molecule has 1 saturated heterocycles. The maximum absolute atomic E-state index is 12.8. The second-order valence-corrected chi connectivity index (χ2v) is 7.55. The Morgan fingerprint density at radius 2 is 1.96 bits per heavy atom. The van der Waals surface area contributed by atoms with Gasteiger partial charge in [0.2, 0.25) is 0 Å². The predicted molar refractivity (Wildman–Crippen MR) is 101 cm³/mol. The molecule has 1 aliphatic heterocycles. The second-order valence-electron chi connectivity index (χ2n) is 7.55. The van der Waals surface area contributed by atoms with Gasteiger partial charge in [0.05, 0.1) is 11.7 Å². The topological polar surface area (TPSA) is 42.4 Å². The van der Waals surface area contributed by atoms with Crippen molar-refractivity contribution in [2.75, 3.05) is 19.7 Å². The van der Waals surface area contributed by atoms with Gasteiger partial charge in [-0.25, -0.2) is 0 Å². The van der Waals surface area contributed by atoms with Crippen molar-refractivity contribution in [2.24, 2.45) is 11.8 Å². The third-order valence-electron chi connectivity index (χ3n) is 5.44. The molecule has 1 saturated carbocycles. The molecule has 1 aliphatic carbocycles. The van der Waals surface area contributed by atoms with Gasteiger partial charge in [-0.15, -0.1) is 0 Å². The number of hydrogen-bond acceptors (Lipinski definition) is 3. The fraction of sp³-hybridized carbons (Fsp3) is 0.455. The van der Waals surface area contributed by atoms with E-state index in [1.54, 1.807) is 12.4 Å². The van der Waals surface area contributed by atoms with Crippen LogP contribution in [-0.4, -0.2) is 41.6 Å². The molecule has 0 spiro atoms. The summed E-state index contributed by atoms with van der Waals surface area (Å²) in [7, 11) is 0. The zero-order valence-electron chi connectivity index (χ0n) is 15.1. The third-order valence-corrected chi connectivity index (χ3v) is 5.44. The largest absolute Gasteiger partial charge is 0.377 e. The van der Waals surface area contributed by atoms with Crippen LogP contribution < -0.4 is 0 Å². The first kappa shape index (κ1) is 17.2. The van der Waals surface area contributed by atoms with Crippen LogP contribution in [0.5, 0.6) is 0 Å². The number of ether oxygens (including phenoxy) is 1. The Morgan fingerprint density at radius 3 is 2.69 bits per heavy atom. The molecular weight excluding hydrogens is 324 g/mol. The van der Waals surface area contributed by atoms with E-state index in [0.717, 1.165) is 38.5 Å². The minimum absolute atomic E-state index is 0.0804. The summed E-state index contributed by atoms with van der Waals surface area (Å²) in [4.78, 5) is 18.9. The number of rotatable bonds is 6. The third kappa shape index (κ3) is 4.31. The summed E-state index contributed by atoms with van der Waals surface area (Å²) in [6, 6.07) is 14.2. The summed E-state index contributed by atoms with van der Waals surface area (Å²) >= 11 is 0. The molecule has 2 aromatic rings. The minimum Gasteiger partial charge on any atom is -0.377 e. The molecule has 2 heterocycles. The van der Waals surface area contributed by atoms with Crippen molar-refractivity contribution in [3.63, 3.8) is 0 Å². The molecule has 1 aromatic heterocycles. The van der Waals surface area contributed by atoms with Crippen LogP contribution in [-0.2, 0) is 11.2 Å². The molecule has 4 nitrogen and oxygen atoms in total. The van der Waals surface area contributed by atoms with Gasteiger partial charge >= 0.3 is 0 Å². The average molecular weight is 350 g/mol. The lowest BCUT2D eigenvalue weighted by molar-refractivity contribution is -0.0326. The van der Waals surface area contributed by atoms with E-state index in [1.165, 1.54) is 18.4 Å². The van der Waals surface area contributed by atoms with Gasteiger partial charge in [-0.1, -0.05) is 30.3 Å². The van der Waals surface area contributed by atoms with Gasteiger partial charge in [0.25, 0.3) is 5.91 Å². The van der Waals surface area contributed by atoms with Crippen LogP contribution in [0.1, 0.15) is 35.2 Å². The van der Waals surface area contributed by atoms with E-state index in [4.69, 9.17) is 4.74 Å². The molecule has 26 heavy (non-hydrogen) atoms. The fourth-order valence-corrected chi connectivity index (χ4v) is 3.74. The summed E-state index contributed by atoms with van der Waals surface area (Å²) in [5.74, 6) is 1.18. The molecule has 1 amide bonds. The van der Waals surface area contributed by atoms with Gasteiger partial charge in [0.1, 0.15) is 0 Å². The number of aromatic nitrogens is 1. The number of carbonyl (C=O) groups excluding carboxylic acids is 1. The van der Waals surface area contributed by atoms with Crippen molar-refractivity contribution >= 4 is 5.91 Å². The Bertz CT molecular complexity index is 715. The Morgan fingerprint density at radius 1 is 1.12 bits per heavy atom. The highest BCUT2D eigenvalue weighted by atomic mass is 16.5. The molecule has 0 bridgehead atoms. The van der Waals surface area contributed by atoms with Crippen LogP contribution in [0.3, 0.4) is 0 Å². The van der Waals surface area contributed by atoms with Crippen LogP contribution in [0, 0.1) is 11.8 Å². The molecular formula is C22H26N2O2. The molecule has 4 heteroatoms. The highest BCUT2D eigenvalue weighted by Gasteiger charge is 2.34. The van der Waals surface area contributed by atoms with Crippen molar-refractivity contribution in [2.45, 2.75) is 31.8 Å². The molecule has 136 valence electrons. The molecule has 2 atom stereocenters. The Kier molecular flexibility index (Phi) is 5.30. The lowest BCUT2D eigenvalue weighted by Crippen LogP contribution is -2.47. The summed E-state index contributed by atoms with van der Waals surface area (Å²) < 4.78 is 6.28. The van der Waals surface area contributed by atoms with Crippen molar-refractivity contribution in [1.29, 1.82) is 0 Å². The van der Waals surface area contributed by atoms with E-state index < -0.39 is 0 Å². The highest BCUT2D eigenvalue weighted by Crippen LogP contribution is 2.32. The molecule has 0 unspecified atom stereocenters. The first-order valence-electron chi connectivity index (χ1n) is 9.64. The van der Waals surface area contributed by atoms with Gasteiger partial charge in [-0.3, -0.25) is 9.78 Å². The van der Waals surface area contributed by atoms with Crippen molar-refractivity contribution in [1.82, 2.24) is 9.88 Å². The van der Waals surface area contributed by atoms with Gasteiger partial charge in [-0.2, -0.15) is 0 Å². The number of piperidine rings is 1. The molecule has 0 radical (unpaired) electrons. The summed E-state index contributed by atoms with van der Waals surface area (Å²) in [5, 5.41) is 0. The Balaban J connectivity index is 1.45. The smallest absolute Gasteiger partial charge is 0.255 e. The molecule has 4 rings (SSSR count). The van der Waals surface area contributed by atoms with E-state index >= 15 is 0 Å². The summed E-state index contributed by atoms with van der Waals surface area (Å²) in [6.45, 7) is 2.39. The molecule has 1 aromatic carbocycles. The maximum atomic E-state index is 12.8. The summed E-state index contributed by atoms with van der Waals surface area (Å²) in [5.41, 5.74) is 1.98. The van der Waals surface area contributed by atoms with Crippen LogP contribution >= 0.6 is 0 Å². The highest BCUT2D eigenvalue weighted by molar-refractivity contribution is 5.93. The lowest BCUT2D eigenvalue weighted by Gasteiger charge is -2.38. The number of nitrogens with zero attached hydrogens (tertiary/aromatic N) is 2. The van der Waals surface area contributed by atoms with Crippen molar-refractivity contribution in [3.8, 4) is 0 Å². The van der Waals surface area contributed by atoms with Gasteiger partial charge in [0.15, 0.2) is 0 Å². The Labute approximate surface area is 155 Å². The van der Waals surface area contributed by atoms with Gasteiger partial charge in [-0.05, 0) is 49.3 Å². The quantitative estimate of drug-likeness (QED) is 0.800. The normalized spacial score (nSPS) is 23.0. The number of likely N-dealkylation sites (tertiary alicyclic amines) is 1. The van der Waals surface area contributed by atoms with Crippen LogP contribution in [0.4, 0.5) is 0 Å². The molecule has 0 N–H and O–H groups in total. The number of amides is 1. The van der Waals surface area contributed by atoms with Crippen molar-refractivity contribution < 1.29 is 9.53 Å². The van der Waals surface area contributed by atoms with Crippen LogP contribution in [0.15, 0.2) is 54.9 Å². The summed E-state index contributed by atoms with van der Waals surface area (Å²) in [6.07, 6.45) is 8.08. The zero-order chi connectivity index (χ0) is 17.8. The average Bonchev–Trinajstić information content (AvgIpc) is 3.52. The van der Waals surface area contributed by atoms with E-state index in [9.17, 15) is 4.79 Å². The predicted octanol–water partition coefficient (Wildman–Crippen LogP) is 3.58. The maximum Gasteiger partial charge on any atom is 0.255 e. The van der Waals surface area contributed by atoms with Crippen molar-refractivity contribution in [3.05, 3.63) is 66.0 Å². The number of benzene rings is 1. The molecule has 2 aliphatic rings. The monoisotopic (exact) mass is 350 g/mol. The lowest BCUT2D eigenvalue weighted by atomic mass is 9.88. The van der Waals surface area contributed by atoms with E-state index in [1.807, 2.05) is 23.1 Å². The van der Waals surface area contributed by atoms with E-state index in [2.05, 4.69) is 29.2 Å². The number of carbonyl (C=O) groups is 1.